The molecule has 0 aromatic heterocycles. The molecule has 1 atom stereocenters. The molecule has 1 unspecified atom stereocenters. The molecule has 3 heteroatoms. The van der Waals surface area contributed by atoms with Crippen LogP contribution in [0, 0.1) is 18.3 Å². The molecule has 0 radical (unpaired) electrons. The van der Waals surface area contributed by atoms with E-state index >= 15 is 0 Å². The normalized spacial score (nSPS) is 20.7. The van der Waals surface area contributed by atoms with Gasteiger partial charge in [0.1, 0.15) is 0 Å². The maximum absolute atomic E-state index is 12.2. The Labute approximate surface area is 146 Å². The summed E-state index contributed by atoms with van der Waals surface area (Å²) < 4.78 is 0. The van der Waals surface area contributed by atoms with Gasteiger partial charge in [0.15, 0.2) is 0 Å². The van der Waals surface area contributed by atoms with Crippen LogP contribution in [0.2, 0.25) is 0 Å². The third-order valence-electron chi connectivity index (χ3n) is 4.87. The van der Waals surface area contributed by atoms with Gasteiger partial charge in [0.2, 0.25) is 5.91 Å². The van der Waals surface area contributed by atoms with Gasteiger partial charge in [-0.25, -0.2) is 0 Å². The maximum Gasteiger partial charge on any atom is 0.229 e. The van der Waals surface area contributed by atoms with Crippen LogP contribution in [0.4, 0.5) is 0 Å². The van der Waals surface area contributed by atoms with E-state index in [1.807, 2.05) is 12.1 Å². The molecule has 3 nitrogen and oxygen atoms in total. The summed E-state index contributed by atoms with van der Waals surface area (Å²) in [5.74, 6) is 0.400. The summed E-state index contributed by atoms with van der Waals surface area (Å²) >= 11 is 0. The van der Waals surface area contributed by atoms with Crippen molar-refractivity contribution in [3.63, 3.8) is 0 Å². The molecule has 1 aliphatic rings. The second-order valence-electron chi connectivity index (χ2n) is 7.40. The number of primary amides is 1. The number of nitrogens with one attached hydrogen (secondary N) is 1. The fraction of sp³-hybridized carbons (Fsp3) is 0.476. The summed E-state index contributed by atoms with van der Waals surface area (Å²) in [6.07, 6.45) is 5.86. The van der Waals surface area contributed by atoms with E-state index < -0.39 is 5.41 Å². The van der Waals surface area contributed by atoms with E-state index in [9.17, 15) is 4.79 Å². The van der Waals surface area contributed by atoms with Crippen LogP contribution in [0.15, 0.2) is 42.0 Å². The molecule has 1 aliphatic carbocycles. The number of hydrogen-bond acceptors (Lipinski definition) is 2. The van der Waals surface area contributed by atoms with Gasteiger partial charge in [-0.2, -0.15) is 0 Å². The van der Waals surface area contributed by atoms with Gasteiger partial charge in [-0.05, 0) is 55.9 Å². The van der Waals surface area contributed by atoms with Gasteiger partial charge in [0, 0.05) is 6.54 Å². The average molecular weight is 326 g/mol. The highest BCUT2D eigenvalue weighted by Crippen LogP contribution is 2.38. The molecule has 0 heterocycles. The van der Waals surface area contributed by atoms with Crippen LogP contribution in [0.3, 0.4) is 0 Å². The summed E-state index contributed by atoms with van der Waals surface area (Å²) in [5, 5.41) is 3.42. The lowest BCUT2D eigenvalue weighted by Crippen LogP contribution is -2.45. The molecule has 1 aromatic rings. The number of hydrogen-bond donors (Lipinski definition) is 2. The first kappa shape index (κ1) is 18.5. The molecule has 0 bridgehead atoms. The van der Waals surface area contributed by atoms with Gasteiger partial charge in [-0.1, -0.05) is 55.8 Å². The van der Waals surface area contributed by atoms with Crippen molar-refractivity contribution in [3.8, 4) is 0 Å². The van der Waals surface area contributed by atoms with Crippen molar-refractivity contribution in [2.24, 2.45) is 17.1 Å². The Hall–Kier alpha value is -1.87. The summed E-state index contributed by atoms with van der Waals surface area (Å²) in [7, 11) is 0. The van der Waals surface area contributed by atoms with Crippen molar-refractivity contribution in [1.82, 2.24) is 5.32 Å². The van der Waals surface area contributed by atoms with Crippen LogP contribution in [0.1, 0.15) is 44.7 Å². The summed E-state index contributed by atoms with van der Waals surface area (Å²) in [6, 6.07) is 8.36. The number of amides is 1. The predicted octanol–water partition coefficient (Wildman–Crippen LogP) is 3.84. The Balaban J connectivity index is 2.17. The highest BCUT2D eigenvalue weighted by molar-refractivity contribution is 5.88. The second-order valence-corrected chi connectivity index (χ2v) is 7.40. The average Bonchev–Trinajstić information content (AvgIpc) is 2.52. The minimum atomic E-state index is -0.618. The van der Waals surface area contributed by atoms with Gasteiger partial charge >= 0.3 is 0 Å². The number of rotatable bonds is 7. The van der Waals surface area contributed by atoms with E-state index in [2.05, 4.69) is 57.3 Å². The first-order valence-corrected chi connectivity index (χ1v) is 8.81. The van der Waals surface area contributed by atoms with Crippen LogP contribution in [-0.2, 0) is 4.79 Å². The van der Waals surface area contributed by atoms with Gasteiger partial charge in [-0.15, -0.1) is 0 Å². The van der Waals surface area contributed by atoms with E-state index in [1.54, 1.807) is 0 Å². The summed E-state index contributed by atoms with van der Waals surface area (Å²) in [4.78, 5) is 12.2. The van der Waals surface area contributed by atoms with E-state index in [1.165, 1.54) is 22.3 Å². The van der Waals surface area contributed by atoms with Gasteiger partial charge in [0.25, 0.3) is 0 Å². The molecule has 0 saturated heterocycles. The highest BCUT2D eigenvalue weighted by atomic mass is 16.1. The fourth-order valence-electron chi connectivity index (χ4n) is 3.29. The smallest absolute Gasteiger partial charge is 0.229 e. The Morgan fingerprint density at radius 1 is 1.29 bits per heavy atom. The van der Waals surface area contributed by atoms with Crippen molar-refractivity contribution in [2.45, 2.75) is 40.5 Å². The lowest BCUT2D eigenvalue weighted by atomic mass is 9.74. The molecule has 0 aliphatic heterocycles. The zero-order chi connectivity index (χ0) is 17.7. The van der Waals surface area contributed by atoms with Crippen molar-refractivity contribution in [2.75, 3.05) is 13.1 Å². The van der Waals surface area contributed by atoms with E-state index in [4.69, 9.17) is 5.73 Å². The van der Waals surface area contributed by atoms with Crippen LogP contribution in [0.5, 0.6) is 0 Å². The lowest BCUT2D eigenvalue weighted by Gasteiger charge is -2.32. The number of aryl methyl sites for hydroxylation is 1. The molecule has 0 saturated carbocycles. The Morgan fingerprint density at radius 3 is 2.58 bits per heavy atom. The monoisotopic (exact) mass is 326 g/mol. The molecule has 0 fully saturated rings. The number of carbonyl (C=O) groups is 1. The zero-order valence-electron chi connectivity index (χ0n) is 15.4. The first-order valence-electron chi connectivity index (χ1n) is 8.81. The second kappa shape index (κ2) is 7.80. The molecule has 1 aromatic carbocycles. The van der Waals surface area contributed by atoms with Crippen molar-refractivity contribution in [3.05, 3.63) is 53.1 Å². The van der Waals surface area contributed by atoms with Gasteiger partial charge < -0.3 is 11.1 Å². The van der Waals surface area contributed by atoms with Crippen molar-refractivity contribution in [1.29, 1.82) is 0 Å². The first-order chi connectivity index (χ1) is 11.4. The largest absolute Gasteiger partial charge is 0.369 e. The van der Waals surface area contributed by atoms with Crippen LogP contribution in [0.25, 0.3) is 5.57 Å². The Bertz CT molecular complexity index is 658. The molecule has 1 amide bonds. The van der Waals surface area contributed by atoms with Gasteiger partial charge in [-0.3, -0.25) is 4.79 Å². The highest BCUT2D eigenvalue weighted by Gasteiger charge is 2.36. The number of carbonyl (C=O) groups excluding carboxylic acids is 1. The summed E-state index contributed by atoms with van der Waals surface area (Å²) in [6.45, 7) is 10.1. The van der Waals surface area contributed by atoms with Crippen LogP contribution >= 0.6 is 0 Å². The number of allylic oxidation sites excluding steroid dienone is 3. The van der Waals surface area contributed by atoms with E-state index in [0.29, 0.717) is 18.9 Å². The number of nitrogens with two attached hydrogens (primary N) is 1. The topological polar surface area (TPSA) is 55.1 Å². The van der Waals surface area contributed by atoms with Crippen molar-refractivity contribution >= 4 is 11.5 Å². The SMILES string of the molecule is CC1=C(c2ccccc2C)C=CC(CNCCC(C)C)(C(N)=O)C1. The zero-order valence-corrected chi connectivity index (χ0v) is 15.4. The molecule has 3 N–H and O–H groups in total. The van der Waals surface area contributed by atoms with Crippen LogP contribution in [-0.4, -0.2) is 19.0 Å². The van der Waals surface area contributed by atoms with Crippen molar-refractivity contribution < 1.29 is 4.79 Å². The van der Waals surface area contributed by atoms with E-state index in [-0.39, 0.29) is 5.91 Å². The third kappa shape index (κ3) is 4.15. The fourth-order valence-corrected chi connectivity index (χ4v) is 3.29. The molecule has 130 valence electrons. The quantitative estimate of drug-likeness (QED) is 0.748. The molecular weight excluding hydrogens is 296 g/mol. The Kier molecular flexibility index (Phi) is 6.00. The lowest BCUT2D eigenvalue weighted by molar-refractivity contribution is -0.125. The standard InChI is InChI=1S/C21H30N2O/c1-15(2)10-12-23-14-21(20(22)24)11-9-19(17(4)13-21)18-8-6-5-7-16(18)3/h5-9,11,15,23H,10,12-14H2,1-4H3,(H2,22,24). The molecule has 24 heavy (non-hydrogen) atoms. The van der Waals surface area contributed by atoms with E-state index in [0.717, 1.165) is 13.0 Å². The minimum Gasteiger partial charge on any atom is -0.369 e. The van der Waals surface area contributed by atoms with Crippen LogP contribution < -0.4 is 11.1 Å². The predicted molar refractivity (Wildman–Crippen MR) is 101 cm³/mol. The Morgan fingerprint density at radius 2 is 2.00 bits per heavy atom. The summed E-state index contributed by atoms with van der Waals surface area (Å²) in [5.41, 5.74) is 10.1. The molecule has 0 spiro atoms. The maximum atomic E-state index is 12.2. The molecular formula is C21H30N2O. The third-order valence-corrected chi connectivity index (χ3v) is 4.87. The minimum absolute atomic E-state index is 0.251. The molecule has 2 rings (SSSR count). The number of benzene rings is 1. The van der Waals surface area contributed by atoms with Gasteiger partial charge in [0.05, 0.1) is 5.41 Å².